The van der Waals surface area contributed by atoms with Gasteiger partial charge < -0.3 is 10.1 Å². The highest BCUT2D eigenvalue weighted by Gasteiger charge is 2.30. The van der Waals surface area contributed by atoms with E-state index in [-0.39, 0.29) is 29.9 Å². The molecule has 0 spiro atoms. The number of carbonyl (C=O) groups is 3. The van der Waals surface area contributed by atoms with Crippen molar-refractivity contribution in [3.8, 4) is 16.9 Å². The van der Waals surface area contributed by atoms with E-state index in [2.05, 4.69) is 5.32 Å². The number of anilines is 1. The third kappa shape index (κ3) is 4.79. The summed E-state index contributed by atoms with van der Waals surface area (Å²) in [6.45, 7) is 0.349. The van der Waals surface area contributed by atoms with Crippen LogP contribution in [0.3, 0.4) is 0 Å². The maximum atomic E-state index is 14.1. The molecule has 5 nitrogen and oxygen atoms in total. The number of Topliss-reactive ketones (excluding diaryl/α,β-unsaturated/α-hetero) is 2. The lowest BCUT2D eigenvalue weighted by atomic mass is 9.97. The first-order valence-corrected chi connectivity index (χ1v) is 11.6. The average Bonchev–Trinajstić information content (AvgIpc) is 3.20. The smallest absolute Gasteiger partial charge is 0.296 e. The lowest BCUT2D eigenvalue weighted by Gasteiger charge is -2.14. The van der Waals surface area contributed by atoms with Crippen LogP contribution >= 0.6 is 0 Å². The molecule has 0 atom stereocenters. The molecular formula is C30H22FNO4. The van der Waals surface area contributed by atoms with Gasteiger partial charge >= 0.3 is 0 Å². The van der Waals surface area contributed by atoms with E-state index in [9.17, 15) is 18.8 Å². The Kier molecular flexibility index (Phi) is 6.41. The second-order valence-corrected chi connectivity index (χ2v) is 8.55. The van der Waals surface area contributed by atoms with Crippen LogP contribution in [0.1, 0.15) is 38.3 Å². The van der Waals surface area contributed by atoms with Gasteiger partial charge in [-0.05, 0) is 47.4 Å². The van der Waals surface area contributed by atoms with Crippen molar-refractivity contribution in [2.75, 3.05) is 5.32 Å². The Morgan fingerprint density at radius 3 is 2.31 bits per heavy atom. The van der Waals surface area contributed by atoms with Crippen LogP contribution in [0.2, 0.25) is 0 Å². The van der Waals surface area contributed by atoms with E-state index in [1.165, 1.54) is 6.07 Å². The summed E-state index contributed by atoms with van der Waals surface area (Å²) in [5.74, 6) is -1.76. The first-order chi connectivity index (χ1) is 17.5. The third-order valence-electron chi connectivity index (χ3n) is 6.12. The first kappa shape index (κ1) is 23.2. The standard InChI is InChI=1S/C30H22FNO4/c31-23-15-22(28-25(17-23)29(34)30(35)32-28)12-14-26(33)21-11-13-24(20-9-5-2-6-10-20)27(16-21)36-18-19-7-3-1-4-8-19/h1-11,13,15-17H,12,14,18H2,(H,32,34,35). The van der Waals surface area contributed by atoms with Crippen molar-refractivity contribution >= 4 is 23.2 Å². The number of nitrogens with one attached hydrogen (secondary N) is 1. The number of fused-ring (bicyclic) bond motifs is 1. The number of halogens is 1. The van der Waals surface area contributed by atoms with E-state index in [0.717, 1.165) is 22.8 Å². The van der Waals surface area contributed by atoms with Crippen molar-refractivity contribution in [3.63, 3.8) is 0 Å². The van der Waals surface area contributed by atoms with Crippen LogP contribution in [0, 0.1) is 5.82 Å². The monoisotopic (exact) mass is 479 g/mol. The second kappa shape index (κ2) is 9.96. The Bertz CT molecular complexity index is 1470. The Balaban J connectivity index is 1.39. The van der Waals surface area contributed by atoms with Crippen LogP contribution < -0.4 is 10.1 Å². The highest BCUT2D eigenvalue weighted by molar-refractivity contribution is 6.51. The van der Waals surface area contributed by atoms with Gasteiger partial charge in [0.25, 0.3) is 11.7 Å². The van der Waals surface area contributed by atoms with Crippen molar-refractivity contribution in [2.45, 2.75) is 19.4 Å². The predicted octanol–water partition coefficient (Wildman–Crippen LogP) is 6.02. The quantitative estimate of drug-likeness (QED) is 0.248. The molecule has 0 aliphatic carbocycles. The van der Waals surface area contributed by atoms with Crippen LogP contribution in [-0.4, -0.2) is 17.5 Å². The van der Waals surface area contributed by atoms with Gasteiger partial charge in [-0.3, -0.25) is 14.4 Å². The molecule has 0 saturated carbocycles. The molecule has 1 heterocycles. The van der Waals surface area contributed by atoms with E-state index in [0.29, 0.717) is 23.5 Å². The van der Waals surface area contributed by atoms with Gasteiger partial charge in [-0.2, -0.15) is 0 Å². The maximum absolute atomic E-state index is 14.1. The van der Waals surface area contributed by atoms with Gasteiger partial charge in [-0.25, -0.2) is 4.39 Å². The number of amides is 1. The van der Waals surface area contributed by atoms with Crippen molar-refractivity contribution in [1.29, 1.82) is 0 Å². The van der Waals surface area contributed by atoms with Gasteiger partial charge in [-0.1, -0.05) is 66.7 Å². The van der Waals surface area contributed by atoms with E-state index < -0.39 is 17.5 Å². The molecular weight excluding hydrogens is 457 g/mol. The van der Waals surface area contributed by atoms with Gasteiger partial charge in [0, 0.05) is 17.5 Å². The third-order valence-corrected chi connectivity index (χ3v) is 6.12. The summed E-state index contributed by atoms with van der Waals surface area (Å²) < 4.78 is 20.2. The number of ketones is 2. The number of hydrogen-bond acceptors (Lipinski definition) is 4. The normalized spacial score (nSPS) is 12.2. The highest BCUT2D eigenvalue weighted by atomic mass is 19.1. The number of hydrogen-bond donors (Lipinski definition) is 1. The second-order valence-electron chi connectivity index (χ2n) is 8.55. The molecule has 178 valence electrons. The minimum Gasteiger partial charge on any atom is -0.488 e. The molecule has 1 amide bonds. The van der Waals surface area contributed by atoms with Gasteiger partial charge in [-0.15, -0.1) is 0 Å². The zero-order chi connectivity index (χ0) is 25.1. The highest BCUT2D eigenvalue weighted by Crippen LogP contribution is 2.33. The van der Waals surface area contributed by atoms with Gasteiger partial charge in [0.15, 0.2) is 5.78 Å². The summed E-state index contributed by atoms with van der Waals surface area (Å²) in [4.78, 5) is 36.8. The first-order valence-electron chi connectivity index (χ1n) is 11.6. The molecule has 0 fully saturated rings. The Hall–Kier alpha value is -4.58. The van der Waals surface area contributed by atoms with Gasteiger partial charge in [0.1, 0.15) is 18.2 Å². The minimum absolute atomic E-state index is 0.00580. The molecule has 5 rings (SSSR count). The van der Waals surface area contributed by atoms with Crippen molar-refractivity contribution < 1.29 is 23.5 Å². The van der Waals surface area contributed by atoms with Gasteiger partial charge in [0.05, 0.1) is 11.3 Å². The van der Waals surface area contributed by atoms with Crippen LogP contribution in [0.15, 0.2) is 91.0 Å². The van der Waals surface area contributed by atoms with Gasteiger partial charge in [0.2, 0.25) is 0 Å². The summed E-state index contributed by atoms with van der Waals surface area (Å²) in [5.41, 5.74) is 4.01. The molecule has 0 saturated heterocycles. The molecule has 1 aliphatic rings. The number of aryl methyl sites for hydroxylation is 1. The van der Waals surface area contributed by atoms with Crippen molar-refractivity contribution in [2.24, 2.45) is 0 Å². The van der Waals surface area contributed by atoms with Crippen LogP contribution in [0.4, 0.5) is 10.1 Å². The largest absolute Gasteiger partial charge is 0.488 e. The zero-order valence-corrected chi connectivity index (χ0v) is 19.3. The Labute approximate surface area is 207 Å². The van der Waals surface area contributed by atoms with Crippen molar-refractivity contribution in [1.82, 2.24) is 0 Å². The van der Waals surface area contributed by atoms with Crippen LogP contribution in [-0.2, 0) is 17.8 Å². The summed E-state index contributed by atoms with van der Waals surface area (Å²) in [6.07, 6.45) is 0.246. The van der Waals surface area contributed by atoms with E-state index in [1.54, 1.807) is 12.1 Å². The number of carbonyl (C=O) groups excluding carboxylic acids is 3. The molecule has 0 bridgehead atoms. The summed E-state index contributed by atoms with van der Waals surface area (Å²) in [5, 5.41) is 2.49. The SMILES string of the molecule is O=C1Nc2c(CCC(=O)c3ccc(-c4ccccc4)c(OCc4ccccc4)c3)cc(F)cc2C1=O. The summed E-state index contributed by atoms with van der Waals surface area (Å²) in [6, 6.07) is 27.2. The van der Waals surface area contributed by atoms with E-state index >= 15 is 0 Å². The fraction of sp³-hybridized carbons (Fsp3) is 0.100. The van der Waals surface area contributed by atoms with Crippen molar-refractivity contribution in [3.05, 3.63) is 119 Å². The molecule has 4 aromatic carbocycles. The summed E-state index contributed by atoms with van der Waals surface area (Å²) in [7, 11) is 0. The predicted molar refractivity (Wildman–Crippen MR) is 135 cm³/mol. The maximum Gasteiger partial charge on any atom is 0.296 e. The molecule has 1 N–H and O–H groups in total. The number of ether oxygens (including phenoxy) is 1. The number of benzene rings is 4. The number of rotatable bonds is 8. The molecule has 4 aromatic rings. The average molecular weight is 480 g/mol. The van der Waals surface area contributed by atoms with E-state index in [1.807, 2.05) is 66.7 Å². The molecule has 0 unspecified atom stereocenters. The Morgan fingerprint density at radius 1 is 0.833 bits per heavy atom. The van der Waals surface area contributed by atoms with E-state index in [4.69, 9.17) is 4.74 Å². The summed E-state index contributed by atoms with van der Waals surface area (Å²) >= 11 is 0. The molecule has 0 radical (unpaired) electrons. The lowest BCUT2D eigenvalue weighted by Crippen LogP contribution is -2.12. The fourth-order valence-electron chi connectivity index (χ4n) is 4.28. The minimum atomic E-state index is -0.792. The fourth-order valence-corrected chi connectivity index (χ4v) is 4.28. The molecule has 0 aromatic heterocycles. The molecule has 6 heteroatoms. The lowest BCUT2D eigenvalue weighted by molar-refractivity contribution is -0.112. The van der Waals surface area contributed by atoms with Crippen LogP contribution in [0.5, 0.6) is 5.75 Å². The zero-order valence-electron chi connectivity index (χ0n) is 19.3. The van der Waals surface area contributed by atoms with Crippen LogP contribution in [0.25, 0.3) is 11.1 Å². The Morgan fingerprint density at radius 2 is 1.56 bits per heavy atom. The molecule has 36 heavy (non-hydrogen) atoms. The topological polar surface area (TPSA) is 72.5 Å². The molecule has 1 aliphatic heterocycles.